The van der Waals surface area contributed by atoms with Gasteiger partial charge in [0, 0.05) is 22.6 Å². The Labute approximate surface area is 116 Å². The van der Waals surface area contributed by atoms with Crippen LogP contribution in [0.3, 0.4) is 0 Å². The summed E-state index contributed by atoms with van der Waals surface area (Å²) < 4.78 is 2.51. The van der Waals surface area contributed by atoms with Gasteiger partial charge in [-0.05, 0) is 44.9 Å². The molecular formula is C18H25N. The van der Waals surface area contributed by atoms with Gasteiger partial charge in [-0.2, -0.15) is 0 Å². The van der Waals surface area contributed by atoms with Gasteiger partial charge in [-0.3, -0.25) is 0 Å². The van der Waals surface area contributed by atoms with E-state index in [2.05, 4.69) is 68.7 Å². The van der Waals surface area contributed by atoms with Crippen LogP contribution >= 0.6 is 0 Å². The standard InChI is InChI=1S/C18H25N/c1-5-7-11-14(3)19-17(10-6-2)15(4)16-12-8-9-13-18(16)19/h6,8-10,12-14H,5,7,11H2,1-4H3/b10-6-. The minimum absolute atomic E-state index is 0.560. The molecule has 0 aliphatic heterocycles. The number of hydrogen-bond acceptors (Lipinski definition) is 0. The molecule has 1 atom stereocenters. The lowest BCUT2D eigenvalue weighted by Gasteiger charge is -2.18. The van der Waals surface area contributed by atoms with Gasteiger partial charge < -0.3 is 4.57 Å². The average molecular weight is 255 g/mol. The van der Waals surface area contributed by atoms with E-state index in [0.717, 1.165) is 0 Å². The highest BCUT2D eigenvalue weighted by Gasteiger charge is 2.15. The summed E-state index contributed by atoms with van der Waals surface area (Å²) in [5.41, 5.74) is 4.14. The summed E-state index contributed by atoms with van der Waals surface area (Å²) in [5.74, 6) is 0. The molecule has 0 spiro atoms. The molecule has 1 heterocycles. The zero-order valence-electron chi connectivity index (χ0n) is 12.6. The fourth-order valence-electron chi connectivity index (χ4n) is 2.92. The minimum atomic E-state index is 0.560. The Morgan fingerprint density at radius 1 is 1.26 bits per heavy atom. The topological polar surface area (TPSA) is 4.93 Å². The van der Waals surface area contributed by atoms with Crippen LogP contribution in [0.2, 0.25) is 0 Å². The van der Waals surface area contributed by atoms with Crippen LogP contribution in [0.25, 0.3) is 17.0 Å². The number of allylic oxidation sites excluding steroid dienone is 1. The molecule has 1 aromatic carbocycles. The summed E-state index contributed by atoms with van der Waals surface area (Å²) in [4.78, 5) is 0. The van der Waals surface area contributed by atoms with Gasteiger partial charge in [0.2, 0.25) is 0 Å². The van der Waals surface area contributed by atoms with Crippen LogP contribution in [-0.2, 0) is 0 Å². The van der Waals surface area contributed by atoms with E-state index in [1.54, 1.807) is 0 Å². The second-order valence-corrected chi connectivity index (χ2v) is 5.39. The van der Waals surface area contributed by atoms with Gasteiger partial charge in [0.1, 0.15) is 0 Å². The predicted octanol–water partition coefficient (Wildman–Crippen LogP) is 5.73. The first-order valence-electron chi connectivity index (χ1n) is 7.42. The maximum atomic E-state index is 2.51. The Hall–Kier alpha value is -1.50. The number of para-hydroxylation sites is 1. The zero-order chi connectivity index (χ0) is 13.8. The van der Waals surface area contributed by atoms with E-state index < -0.39 is 0 Å². The SMILES string of the molecule is C/C=C\c1c(C)c2ccccc2n1C(C)CCCC. The molecule has 0 aliphatic carbocycles. The van der Waals surface area contributed by atoms with Gasteiger partial charge in [0.15, 0.2) is 0 Å². The van der Waals surface area contributed by atoms with Crippen LogP contribution in [-0.4, -0.2) is 4.57 Å². The highest BCUT2D eigenvalue weighted by molar-refractivity contribution is 5.88. The first kappa shape index (κ1) is 13.9. The fourth-order valence-corrected chi connectivity index (χ4v) is 2.92. The van der Waals surface area contributed by atoms with Crippen LogP contribution in [0.1, 0.15) is 57.3 Å². The number of benzene rings is 1. The van der Waals surface area contributed by atoms with Gasteiger partial charge in [-0.25, -0.2) is 0 Å². The number of aromatic nitrogens is 1. The van der Waals surface area contributed by atoms with Crippen molar-refractivity contribution in [3.63, 3.8) is 0 Å². The van der Waals surface area contributed by atoms with E-state index in [1.165, 1.54) is 41.4 Å². The molecule has 19 heavy (non-hydrogen) atoms. The van der Waals surface area contributed by atoms with Gasteiger partial charge in [0.05, 0.1) is 0 Å². The normalized spacial score (nSPS) is 13.5. The quantitative estimate of drug-likeness (QED) is 0.642. The van der Waals surface area contributed by atoms with Crippen molar-refractivity contribution < 1.29 is 0 Å². The van der Waals surface area contributed by atoms with E-state index in [-0.39, 0.29) is 0 Å². The molecule has 0 fully saturated rings. The third kappa shape index (κ3) is 2.60. The Morgan fingerprint density at radius 3 is 2.68 bits per heavy atom. The molecule has 2 aromatic rings. The van der Waals surface area contributed by atoms with Gasteiger partial charge in [-0.15, -0.1) is 0 Å². The van der Waals surface area contributed by atoms with E-state index in [4.69, 9.17) is 0 Å². The molecule has 2 rings (SSSR count). The second-order valence-electron chi connectivity index (χ2n) is 5.39. The molecule has 0 aliphatic rings. The summed E-state index contributed by atoms with van der Waals surface area (Å²) in [6.45, 7) is 8.94. The molecule has 1 aromatic heterocycles. The number of unbranched alkanes of at least 4 members (excludes halogenated alkanes) is 1. The van der Waals surface area contributed by atoms with Crippen LogP contribution in [0.4, 0.5) is 0 Å². The van der Waals surface area contributed by atoms with Crippen molar-refractivity contribution in [2.45, 2.75) is 53.0 Å². The molecule has 102 valence electrons. The van der Waals surface area contributed by atoms with Crippen molar-refractivity contribution in [2.24, 2.45) is 0 Å². The molecule has 1 heteroatoms. The van der Waals surface area contributed by atoms with Crippen molar-refractivity contribution in [1.29, 1.82) is 0 Å². The molecule has 0 saturated heterocycles. The zero-order valence-corrected chi connectivity index (χ0v) is 12.6. The van der Waals surface area contributed by atoms with Crippen LogP contribution < -0.4 is 0 Å². The lowest BCUT2D eigenvalue weighted by molar-refractivity contribution is 0.495. The van der Waals surface area contributed by atoms with E-state index in [9.17, 15) is 0 Å². The molecule has 0 amide bonds. The summed E-state index contributed by atoms with van der Waals surface area (Å²) in [5, 5.41) is 1.39. The number of aryl methyl sites for hydroxylation is 1. The Bertz CT molecular complexity index is 575. The maximum absolute atomic E-state index is 2.51. The summed E-state index contributed by atoms with van der Waals surface area (Å²) in [6, 6.07) is 9.32. The average Bonchev–Trinajstić information content (AvgIpc) is 2.71. The fraction of sp³-hybridized carbons (Fsp3) is 0.444. The molecule has 0 radical (unpaired) electrons. The minimum Gasteiger partial charge on any atom is -0.338 e. The monoisotopic (exact) mass is 255 g/mol. The van der Waals surface area contributed by atoms with E-state index in [1.807, 2.05) is 0 Å². The third-order valence-electron chi connectivity index (χ3n) is 3.95. The van der Waals surface area contributed by atoms with Crippen LogP contribution in [0.5, 0.6) is 0 Å². The van der Waals surface area contributed by atoms with Crippen molar-refractivity contribution in [1.82, 2.24) is 4.57 Å². The summed E-state index contributed by atoms with van der Waals surface area (Å²) in [6.07, 6.45) is 8.20. The first-order chi connectivity index (χ1) is 9.20. The van der Waals surface area contributed by atoms with Gasteiger partial charge >= 0.3 is 0 Å². The van der Waals surface area contributed by atoms with Gasteiger partial charge in [0.25, 0.3) is 0 Å². The molecule has 0 bridgehead atoms. The highest BCUT2D eigenvalue weighted by Crippen LogP contribution is 2.31. The summed E-state index contributed by atoms with van der Waals surface area (Å²) in [7, 11) is 0. The Balaban J connectivity index is 2.58. The molecule has 1 unspecified atom stereocenters. The molecule has 0 N–H and O–H groups in total. The van der Waals surface area contributed by atoms with Crippen molar-refractivity contribution in [3.05, 3.63) is 41.6 Å². The molecular weight excluding hydrogens is 230 g/mol. The lowest BCUT2D eigenvalue weighted by atomic mass is 10.1. The number of nitrogens with zero attached hydrogens (tertiary/aromatic N) is 1. The van der Waals surface area contributed by atoms with Crippen LogP contribution in [0, 0.1) is 6.92 Å². The van der Waals surface area contributed by atoms with Crippen molar-refractivity contribution >= 4 is 17.0 Å². The number of fused-ring (bicyclic) bond motifs is 1. The molecule has 0 saturated carbocycles. The largest absolute Gasteiger partial charge is 0.338 e. The van der Waals surface area contributed by atoms with Gasteiger partial charge in [-0.1, -0.05) is 44.0 Å². The highest BCUT2D eigenvalue weighted by atomic mass is 15.0. The smallest absolute Gasteiger partial charge is 0.0490 e. The Kier molecular flexibility index (Phi) is 4.47. The Morgan fingerprint density at radius 2 is 2.00 bits per heavy atom. The lowest BCUT2D eigenvalue weighted by Crippen LogP contribution is -2.07. The van der Waals surface area contributed by atoms with E-state index >= 15 is 0 Å². The summed E-state index contributed by atoms with van der Waals surface area (Å²) >= 11 is 0. The predicted molar refractivity (Wildman–Crippen MR) is 85.6 cm³/mol. The van der Waals surface area contributed by atoms with E-state index in [0.29, 0.717) is 6.04 Å². The second kappa shape index (κ2) is 6.10. The third-order valence-corrected chi connectivity index (χ3v) is 3.95. The van der Waals surface area contributed by atoms with Crippen molar-refractivity contribution in [3.8, 4) is 0 Å². The number of rotatable bonds is 5. The van der Waals surface area contributed by atoms with Crippen molar-refractivity contribution in [2.75, 3.05) is 0 Å². The maximum Gasteiger partial charge on any atom is 0.0490 e. The first-order valence-corrected chi connectivity index (χ1v) is 7.42. The van der Waals surface area contributed by atoms with Crippen LogP contribution in [0.15, 0.2) is 30.3 Å². The number of hydrogen-bond donors (Lipinski definition) is 0. The molecule has 1 nitrogen and oxygen atoms in total.